The third kappa shape index (κ3) is 5.01. The van der Waals surface area contributed by atoms with Gasteiger partial charge < -0.3 is 14.8 Å². The predicted octanol–water partition coefficient (Wildman–Crippen LogP) is 3.70. The number of methoxy groups -OCH3 is 2. The van der Waals surface area contributed by atoms with Crippen LogP contribution in [-0.2, 0) is 10.0 Å². The van der Waals surface area contributed by atoms with Crippen LogP contribution in [0.5, 0.6) is 11.9 Å². The van der Waals surface area contributed by atoms with Crippen LogP contribution in [0.3, 0.4) is 0 Å². The lowest BCUT2D eigenvalue weighted by Crippen LogP contribution is -2.15. The topological polar surface area (TPSA) is 120 Å². The van der Waals surface area contributed by atoms with Gasteiger partial charge in [0.15, 0.2) is 5.82 Å². The fourth-order valence-corrected chi connectivity index (χ4v) is 4.09. The Morgan fingerprint density at radius 3 is 2.27 bits per heavy atom. The first-order chi connectivity index (χ1) is 15.9. The number of hydrogen-bond acceptors (Lipinski definition) is 7. The summed E-state index contributed by atoms with van der Waals surface area (Å²) in [5.74, 6) is -0.159. The number of nitrogens with one attached hydrogen (secondary N) is 2. The van der Waals surface area contributed by atoms with Crippen molar-refractivity contribution in [2.24, 2.45) is 0 Å². The normalized spacial score (nSPS) is 11.1. The molecule has 0 aliphatic heterocycles. The van der Waals surface area contributed by atoms with Crippen LogP contribution in [0, 0.1) is 0 Å². The quantitative estimate of drug-likeness (QED) is 0.428. The minimum Gasteiger partial charge on any atom is -0.481 e. The molecule has 168 valence electrons. The number of aromatic nitrogens is 2. The summed E-state index contributed by atoms with van der Waals surface area (Å²) in [6.45, 7) is 0. The van der Waals surface area contributed by atoms with Gasteiger partial charge in [-0.1, -0.05) is 30.3 Å². The van der Waals surface area contributed by atoms with Crippen LogP contribution in [0.15, 0.2) is 77.7 Å². The van der Waals surface area contributed by atoms with Crippen molar-refractivity contribution in [2.45, 2.75) is 4.90 Å². The Kier molecular flexibility index (Phi) is 6.09. The average molecular weight is 465 g/mol. The third-order valence-electron chi connectivity index (χ3n) is 4.75. The van der Waals surface area contributed by atoms with Crippen LogP contribution in [-0.4, -0.2) is 38.5 Å². The summed E-state index contributed by atoms with van der Waals surface area (Å²) < 4.78 is 37.8. The van der Waals surface area contributed by atoms with Crippen molar-refractivity contribution in [3.63, 3.8) is 0 Å². The molecule has 0 fully saturated rings. The maximum Gasteiger partial charge on any atom is 0.321 e. The van der Waals surface area contributed by atoms with Gasteiger partial charge in [0, 0.05) is 17.3 Å². The number of anilines is 2. The average Bonchev–Trinajstić information content (AvgIpc) is 2.83. The minimum absolute atomic E-state index is 0.00705. The Hall–Kier alpha value is -4.18. The molecule has 4 aromatic rings. The number of rotatable bonds is 7. The molecule has 0 spiro atoms. The Morgan fingerprint density at radius 2 is 1.58 bits per heavy atom. The van der Waals surface area contributed by atoms with E-state index in [4.69, 9.17) is 9.47 Å². The molecule has 4 rings (SSSR count). The molecule has 0 bridgehead atoms. The van der Waals surface area contributed by atoms with E-state index >= 15 is 0 Å². The second kappa shape index (κ2) is 9.13. The van der Waals surface area contributed by atoms with Crippen molar-refractivity contribution < 1.29 is 22.7 Å². The Balaban J connectivity index is 1.49. The van der Waals surface area contributed by atoms with Crippen LogP contribution in [0.2, 0.25) is 0 Å². The van der Waals surface area contributed by atoms with Crippen molar-refractivity contribution in [3.8, 4) is 11.9 Å². The van der Waals surface area contributed by atoms with Crippen molar-refractivity contribution in [3.05, 3.63) is 78.4 Å². The molecule has 3 aromatic carbocycles. The fraction of sp³-hybridized carbons (Fsp3) is 0.0870. The number of ether oxygens (including phenoxy) is 2. The first kappa shape index (κ1) is 22.0. The molecule has 0 aliphatic rings. The van der Waals surface area contributed by atoms with Gasteiger partial charge in [-0.3, -0.25) is 9.52 Å². The number of sulfonamides is 1. The van der Waals surface area contributed by atoms with Crippen molar-refractivity contribution in [2.75, 3.05) is 24.3 Å². The molecule has 0 saturated heterocycles. The molecule has 0 aliphatic carbocycles. The summed E-state index contributed by atoms with van der Waals surface area (Å²) in [6.07, 6.45) is 0. The molecule has 10 heteroatoms. The molecule has 1 heterocycles. The van der Waals surface area contributed by atoms with Crippen LogP contribution in [0.25, 0.3) is 10.8 Å². The predicted molar refractivity (Wildman–Crippen MR) is 124 cm³/mol. The largest absolute Gasteiger partial charge is 0.481 e. The van der Waals surface area contributed by atoms with E-state index in [-0.39, 0.29) is 28.5 Å². The lowest BCUT2D eigenvalue weighted by atomic mass is 10.1. The molecule has 0 atom stereocenters. The van der Waals surface area contributed by atoms with E-state index in [0.29, 0.717) is 11.3 Å². The highest BCUT2D eigenvalue weighted by Gasteiger charge is 2.17. The van der Waals surface area contributed by atoms with Crippen LogP contribution in [0.4, 0.5) is 11.5 Å². The molecule has 2 N–H and O–H groups in total. The summed E-state index contributed by atoms with van der Waals surface area (Å²) in [6, 6.07) is 20.2. The van der Waals surface area contributed by atoms with Gasteiger partial charge in [-0.2, -0.15) is 9.97 Å². The molecular formula is C23H20N4O5S. The van der Waals surface area contributed by atoms with Crippen LogP contribution in [0.1, 0.15) is 10.4 Å². The molecule has 1 aromatic heterocycles. The Morgan fingerprint density at radius 1 is 0.848 bits per heavy atom. The van der Waals surface area contributed by atoms with E-state index in [1.54, 1.807) is 12.1 Å². The first-order valence-corrected chi connectivity index (χ1v) is 11.3. The van der Waals surface area contributed by atoms with Gasteiger partial charge in [0.1, 0.15) is 0 Å². The number of nitrogens with zero attached hydrogens (tertiary/aromatic N) is 2. The highest BCUT2D eigenvalue weighted by atomic mass is 32.2. The number of hydrogen-bond donors (Lipinski definition) is 2. The maximum atomic E-state index is 12.7. The summed E-state index contributed by atoms with van der Waals surface area (Å²) in [5.41, 5.74) is 0.955. The van der Waals surface area contributed by atoms with Crippen LogP contribution >= 0.6 is 0 Å². The van der Waals surface area contributed by atoms with E-state index in [1.807, 2.05) is 30.3 Å². The number of amides is 1. The van der Waals surface area contributed by atoms with E-state index < -0.39 is 10.0 Å². The number of benzene rings is 3. The van der Waals surface area contributed by atoms with E-state index in [9.17, 15) is 13.2 Å². The molecular weight excluding hydrogens is 444 g/mol. The zero-order valence-electron chi connectivity index (χ0n) is 17.8. The van der Waals surface area contributed by atoms with Gasteiger partial charge in [-0.15, -0.1) is 0 Å². The number of fused-ring (bicyclic) bond motifs is 1. The Labute approximate surface area is 190 Å². The smallest absolute Gasteiger partial charge is 0.321 e. The molecule has 33 heavy (non-hydrogen) atoms. The monoisotopic (exact) mass is 464 g/mol. The van der Waals surface area contributed by atoms with E-state index in [2.05, 4.69) is 20.0 Å². The van der Waals surface area contributed by atoms with Gasteiger partial charge in [0.2, 0.25) is 5.88 Å². The number of carbonyl (C=O) groups excluding carboxylic acids is 1. The van der Waals surface area contributed by atoms with E-state index in [1.165, 1.54) is 44.6 Å². The molecule has 0 saturated carbocycles. The molecule has 0 radical (unpaired) electrons. The second-order valence-electron chi connectivity index (χ2n) is 6.93. The summed E-state index contributed by atoms with van der Waals surface area (Å²) >= 11 is 0. The van der Waals surface area contributed by atoms with E-state index in [0.717, 1.165) is 10.8 Å². The summed E-state index contributed by atoms with van der Waals surface area (Å²) in [4.78, 5) is 20.5. The second-order valence-corrected chi connectivity index (χ2v) is 8.61. The maximum absolute atomic E-state index is 12.7. The highest BCUT2D eigenvalue weighted by Crippen LogP contribution is 2.22. The van der Waals surface area contributed by atoms with Gasteiger partial charge in [0.25, 0.3) is 15.9 Å². The lowest BCUT2D eigenvalue weighted by Gasteiger charge is -2.11. The highest BCUT2D eigenvalue weighted by molar-refractivity contribution is 7.92. The fourth-order valence-electron chi connectivity index (χ4n) is 3.10. The van der Waals surface area contributed by atoms with Gasteiger partial charge in [-0.25, -0.2) is 8.42 Å². The first-order valence-electron chi connectivity index (χ1n) is 9.78. The standard InChI is InChI=1S/C23H20N4O5S/c1-31-21-14-20(25-23(26-21)32-2)27-33(29,30)19-11-9-18(10-12-19)24-22(28)17-8-7-15-5-3-4-6-16(15)13-17/h3-14H,1-2H3,(H,24,28)(H,25,26,27). The summed E-state index contributed by atoms with van der Waals surface area (Å²) in [7, 11) is -1.20. The minimum atomic E-state index is -3.95. The van der Waals surface area contributed by atoms with Crippen molar-refractivity contribution in [1.82, 2.24) is 9.97 Å². The van der Waals surface area contributed by atoms with Crippen LogP contribution < -0.4 is 19.5 Å². The number of carbonyl (C=O) groups is 1. The zero-order valence-corrected chi connectivity index (χ0v) is 18.6. The van der Waals surface area contributed by atoms with Crippen molar-refractivity contribution in [1.29, 1.82) is 0 Å². The lowest BCUT2D eigenvalue weighted by molar-refractivity contribution is 0.102. The zero-order chi connectivity index (χ0) is 23.4. The third-order valence-corrected chi connectivity index (χ3v) is 6.12. The van der Waals surface area contributed by atoms with Crippen molar-refractivity contribution >= 4 is 38.2 Å². The molecule has 9 nitrogen and oxygen atoms in total. The molecule has 1 amide bonds. The molecule has 0 unspecified atom stereocenters. The van der Waals surface area contributed by atoms with Gasteiger partial charge >= 0.3 is 6.01 Å². The Bertz CT molecular complexity index is 1400. The SMILES string of the molecule is COc1cc(NS(=O)(=O)c2ccc(NC(=O)c3ccc4ccccc4c3)cc2)nc(OC)n1. The van der Waals surface area contributed by atoms with Gasteiger partial charge in [-0.05, 0) is 47.2 Å². The van der Waals surface area contributed by atoms with Gasteiger partial charge in [0.05, 0.1) is 19.1 Å². The summed E-state index contributed by atoms with van der Waals surface area (Å²) in [5, 5.41) is 4.76.